The van der Waals surface area contributed by atoms with Crippen LogP contribution in [0.15, 0.2) is 35.2 Å². The summed E-state index contributed by atoms with van der Waals surface area (Å²) in [6.45, 7) is 0.965. The van der Waals surface area contributed by atoms with Crippen molar-refractivity contribution in [3.63, 3.8) is 0 Å². The zero-order valence-corrected chi connectivity index (χ0v) is 20.2. The molecule has 3 rings (SSSR count). The number of nitrogens with zero attached hydrogens (tertiary/aromatic N) is 4. The number of amides is 2. The summed E-state index contributed by atoms with van der Waals surface area (Å²) in [6.07, 6.45) is -5.00. The maximum absolute atomic E-state index is 13.6. The molecule has 2 heterocycles. The number of nitrogens with one attached hydrogen (secondary N) is 1. The van der Waals surface area contributed by atoms with Gasteiger partial charge in [-0.25, -0.2) is 27.7 Å². The van der Waals surface area contributed by atoms with Crippen LogP contribution in [0.3, 0.4) is 0 Å². The quantitative estimate of drug-likeness (QED) is 0.567. The fraction of sp³-hybridized carbons (Fsp3) is 0.333. The first-order valence-electron chi connectivity index (χ1n) is 10.4. The minimum atomic E-state index is -5.00. The number of carbonyl (C=O) groups excluding carboxylic acids is 2. The molecule has 0 atom stereocenters. The Morgan fingerprint density at radius 2 is 1.86 bits per heavy atom. The lowest BCUT2D eigenvalue weighted by Gasteiger charge is -2.35. The predicted octanol–water partition coefficient (Wildman–Crippen LogP) is 3.02. The van der Waals surface area contributed by atoms with Crippen molar-refractivity contribution in [2.45, 2.75) is 18.0 Å². The molecule has 2 aromatic rings. The number of piperazine rings is 1. The summed E-state index contributed by atoms with van der Waals surface area (Å²) in [5.74, 6) is -1.58. The van der Waals surface area contributed by atoms with Gasteiger partial charge in [0.2, 0.25) is 0 Å². The summed E-state index contributed by atoms with van der Waals surface area (Å²) >= 11 is 5.89. The molecular weight excluding hydrogens is 527 g/mol. The minimum absolute atomic E-state index is 0.0582. The Balaban J connectivity index is 1.80. The van der Waals surface area contributed by atoms with Crippen LogP contribution < -0.4 is 9.62 Å². The molecule has 1 saturated heterocycles. The van der Waals surface area contributed by atoms with Crippen molar-refractivity contribution in [3.8, 4) is 6.07 Å². The largest absolute Gasteiger partial charge is 0.462 e. The first-order valence-corrected chi connectivity index (χ1v) is 12.3. The normalized spacial score (nSPS) is 14.2. The summed E-state index contributed by atoms with van der Waals surface area (Å²) in [7, 11) is -4.27. The number of carbonyl (C=O) groups is 2. The zero-order chi connectivity index (χ0) is 26.7. The lowest BCUT2D eigenvalue weighted by atomic mass is 10.1. The second-order valence-corrected chi connectivity index (χ2v) is 9.46. The minimum Gasteiger partial charge on any atom is -0.462 e. The number of pyridine rings is 1. The number of hydrogen-bond acceptors (Lipinski definition) is 8. The Morgan fingerprint density at radius 3 is 2.42 bits per heavy atom. The first-order chi connectivity index (χ1) is 16.9. The highest BCUT2D eigenvalue weighted by Gasteiger charge is 2.40. The molecule has 1 aliphatic heterocycles. The molecule has 15 heteroatoms. The van der Waals surface area contributed by atoms with Crippen LogP contribution in [0.25, 0.3) is 0 Å². The third-order valence-electron chi connectivity index (χ3n) is 5.10. The molecule has 1 fully saturated rings. The van der Waals surface area contributed by atoms with Gasteiger partial charge in [-0.15, -0.1) is 0 Å². The maximum Gasteiger partial charge on any atom is 0.434 e. The molecule has 1 N–H and O–H groups in total. The van der Waals surface area contributed by atoms with Gasteiger partial charge < -0.3 is 14.5 Å². The Morgan fingerprint density at radius 1 is 1.22 bits per heavy atom. The highest BCUT2D eigenvalue weighted by molar-refractivity contribution is 7.90. The van der Waals surface area contributed by atoms with Gasteiger partial charge in [0.15, 0.2) is 5.69 Å². The van der Waals surface area contributed by atoms with Crippen LogP contribution in [0.1, 0.15) is 28.5 Å². The van der Waals surface area contributed by atoms with Gasteiger partial charge in [-0.05, 0) is 25.1 Å². The van der Waals surface area contributed by atoms with Gasteiger partial charge in [-0.3, -0.25) is 0 Å². The van der Waals surface area contributed by atoms with Crippen LogP contribution in [-0.2, 0) is 20.9 Å². The highest BCUT2D eigenvalue weighted by atomic mass is 35.5. The molecule has 0 aliphatic carbocycles. The molecule has 36 heavy (non-hydrogen) atoms. The molecule has 0 unspecified atom stereocenters. The number of esters is 1. The van der Waals surface area contributed by atoms with E-state index in [9.17, 15) is 36.4 Å². The van der Waals surface area contributed by atoms with Crippen LogP contribution in [-0.4, -0.2) is 63.1 Å². The summed E-state index contributed by atoms with van der Waals surface area (Å²) in [4.78, 5) is 30.3. The van der Waals surface area contributed by atoms with Crippen LogP contribution in [0.4, 0.5) is 23.8 Å². The second-order valence-electron chi connectivity index (χ2n) is 7.40. The van der Waals surface area contributed by atoms with E-state index in [0.717, 1.165) is 11.0 Å². The first kappa shape index (κ1) is 27.0. The van der Waals surface area contributed by atoms with Crippen molar-refractivity contribution in [2.24, 2.45) is 0 Å². The average Bonchev–Trinajstić information content (AvgIpc) is 2.82. The molecule has 0 spiro atoms. The second kappa shape index (κ2) is 10.6. The van der Waals surface area contributed by atoms with Crippen molar-refractivity contribution in [1.29, 1.82) is 5.26 Å². The summed E-state index contributed by atoms with van der Waals surface area (Å²) < 4.78 is 72.4. The van der Waals surface area contributed by atoms with Gasteiger partial charge >= 0.3 is 18.2 Å². The Bertz CT molecular complexity index is 1320. The van der Waals surface area contributed by atoms with E-state index in [1.54, 1.807) is 6.07 Å². The summed E-state index contributed by atoms with van der Waals surface area (Å²) in [5.41, 5.74) is -2.67. The van der Waals surface area contributed by atoms with Gasteiger partial charge in [-0.2, -0.15) is 18.4 Å². The number of nitriles is 1. The van der Waals surface area contributed by atoms with Gasteiger partial charge in [-0.1, -0.05) is 23.7 Å². The van der Waals surface area contributed by atoms with Gasteiger partial charge in [0, 0.05) is 26.2 Å². The van der Waals surface area contributed by atoms with Crippen LogP contribution >= 0.6 is 11.6 Å². The summed E-state index contributed by atoms with van der Waals surface area (Å²) in [6, 6.07) is 7.10. The number of sulfonamides is 1. The van der Waals surface area contributed by atoms with Gasteiger partial charge in [0.25, 0.3) is 10.0 Å². The van der Waals surface area contributed by atoms with E-state index in [0.29, 0.717) is 0 Å². The van der Waals surface area contributed by atoms with E-state index >= 15 is 0 Å². The Kier molecular flexibility index (Phi) is 7.95. The number of ether oxygens (including phenoxy) is 1. The number of urea groups is 1. The van der Waals surface area contributed by atoms with Crippen molar-refractivity contribution in [3.05, 3.63) is 52.2 Å². The number of benzene rings is 1. The maximum atomic E-state index is 13.6. The molecule has 0 radical (unpaired) electrons. The third kappa shape index (κ3) is 5.80. The standard InChI is InChI=1S/C21H19ClF3N5O5S/c1-2-35-19(31)14-11-13(12-26)18(27-17(14)21(23,24)25)29-7-9-30(10-8-29)20(32)28-36(33,34)16-6-4-3-5-15(16)22/h3-6,11H,2,7-10H2,1H3,(H,28,32). The number of halogens is 4. The van der Waals surface area contributed by atoms with Crippen LogP contribution in [0.5, 0.6) is 0 Å². The number of rotatable bonds is 5. The molecule has 10 nitrogen and oxygen atoms in total. The van der Waals surface area contributed by atoms with Gasteiger partial charge in [0.1, 0.15) is 16.8 Å². The zero-order valence-electron chi connectivity index (χ0n) is 18.7. The topological polar surface area (TPSA) is 133 Å². The molecule has 1 aromatic heterocycles. The molecular formula is C21H19ClF3N5O5S. The number of aromatic nitrogens is 1. The lowest BCUT2D eigenvalue weighted by molar-refractivity contribution is -0.141. The molecule has 2 amide bonds. The van der Waals surface area contributed by atoms with Crippen molar-refractivity contribution >= 4 is 39.4 Å². The fourth-order valence-electron chi connectivity index (χ4n) is 3.43. The van der Waals surface area contributed by atoms with E-state index in [1.165, 1.54) is 36.1 Å². The molecule has 1 aliphatic rings. The SMILES string of the molecule is CCOC(=O)c1cc(C#N)c(N2CCN(C(=O)NS(=O)(=O)c3ccccc3Cl)CC2)nc1C(F)(F)F. The number of anilines is 1. The number of hydrogen-bond donors (Lipinski definition) is 1. The highest BCUT2D eigenvalue weighted by Crippen LogP contribution is 2.34. The van der Waals surface area contributed by atoms with E-state index in [1.807, 2.05) is 4.72 Å². The van der Waals surface area contributed by atoms with Crippen molar-refractivity contribution in [2.75, 3.05) is 37.7 Å². The molecule has 0 bridgehead atoms. The average molecular weight is 546 g/mol. The van der Waals surface area contributed by atoms with Crippen molar-refractivity contribution < 1.29 is 35.9 Å². The van der Waals surface area contributed by atoms with E-state index in [2.05, 4.69) is 9.72 Å². The van der Waals surface area contributed by atoms with Gasteiger partial charge in [0.05, 0.1) is 22.8 Å². The molecule has 1 aromatic carbocycles. The fourth-order valence-corrected chi connectivity index (χ4v) is 4.92. The van der Waals surface area contributed by atoms with E-state index < -0.39 is 39.5 Å². The van der Waals surface area contributed by atoms with Crippen LogP contribution in [0, 0.1) is 11.3 Å². The van der Waals surface area contributed by atoms with Crippen molar-refractivity contribution in [1.82, 2.24) is 14.6 Å². The lowest BCUT2D eigenvalue weighted by Crippen LogP contribution is -2.53. The van der Waals surface area contributed by atoms with Crippen LogP contribution in [0.2, 0.25) is 5.02 Å². The molecule has 192 valence electrons. The molecule has 0 saturated carbocycles. The Hall–Kier alpha value is -3.57. The monoisotopic (exact) mass is 545 g/mol. The predicted molar refractivity (Wildman–Crippen MR) is 121 cm³/mol. The Labute approximate surface area is 209 Å². The number of alkyl halides is 3. The summed E-state index contributed by atoms with van der Waals surface area (Å²) in [5, 5.41) is 9.40. The smallest absolute Gasteiger partial charge is 0.434 e. The van der Waals surface area contributed by atoms with E-state index in [-0.39, 0.29) is 54.1 Å². The van der Waals surface area contributed by atoms with E-state index in [4.69, 9.17) is 11.6 Å². The third-order valence-corrected chi connectivity index (χ3v) is 6.92.